The molecule has 0 saturated carbocycles. The molecule has 0 saturated heterocycles. The van der Waals surface area contributed by atoms with Crippen molar-refractivity contribution in [1.29, 1.82) is 5.26 Å². The normalized spacial score (nSPS) is 10.8. The third kappa shape index (κ3) is 6.09. The Kier molecular flexibility index (Phi) is 6.87. The molecule has 3 rings (SSSR count). The van der Waals surface area contributed by atoms with E-state index in [0.717, 1.165) is 5.56 Å². The first-order chi connectivity index (χ1) is 14.0. The molecule has 0 atom stereocenters. The van der Waals surface area contributed by atoms with E-state index in [1.54, 1.807) is 36.4 Å². The number of phenols is 1. The SMILES string of the molecule is N#C/C(=C\c1ccc(OCc2ccc(I)cc2)cc1)C(=O)Nc1ccc(O)cc1. The van der Waals surface area contributed by atoms with Gasteiger partial charge in [-0.05, 0) is 88.3 Å². The van der Waals surface area contributed by atoms with E-state index < -0.39 is 5.91 Å². The number of aromatic hydroxyl groups is 1. The van der Waals surface area contributed by atoms with Crippen LogP contribution in [0.25, 0.3) is 6.08 Å². The third-order valence-corrected chi connectivity index (χ3v) is 4.72. The molecular weight excluding hydrogens is 479 g/mol. The largest absolute Gasteiger partial charge is 0.508 e. The van der Waals surface area contributed by atoms with Crippen molar-refractivity contribution in [2.24, 2.45) is 0 Å². The van der Waals surface area contributed by atoms with Gasteiger partial charge in [-0.25, -0.2) is 0 Å². The van der Waals surface area contributed by atoms with E-state index in [-0.39, 0.29) is 11.3 Å². The van der Waals surface area contributed by atoms with Crippen molar-refractivity contribution in [3.05, 3.63) is 93.1 Å². The number of benzene rings is 3. The van der Waals surface area contributed by atoms with Crippen LogP contribution in [-0.2, 0) is 11.4 Å². The summed E-state index contributed by atoms with van der Waals surface area (Å²) >= 11 is 2.26. The lowest BCUT2D eigenvalue weighted by molar-refractivity contribution is -0.112. The number of hydrogen-bond donors (Lipinski definition) is 2. The number of carbonyl (C=O) groups is 1. The van der Waals surface area contributed by atoms with Crippen molar-refractivity contribution in [1.82, 2.24) is 0 Å². The quantitative estimate of drug-likeness (QED) is 0.215. The molecular formula is C23H17IN2O3. The summed E-state index contributed by atoms with van der Waals surface area (Å²) in [6.45, 7) is 0.463. The summed E-state index contributed by atoms with van der Waals surface area (Å²) in [5, 5.41) is 21.2. The molecule has 0 radical (unpaired) electrons. The topological polar surface area (TPSA) is 82.3 Å². The summed E-state index contributed by atoms with van der Waals surface area (Å²) in [6.07, 6.45) is 1.51. The Morgan fingerprint density at radius 1 is 1.03 bits per heavy atom. The van der Waals surface area contributed by atoms with Crippen molar-refractivity contribution in [3.8, 4) is 17.6 Å². The number of ether oxygens (including phenoxy) is 1. The van der Waals surface area contributed by atoms with Gasteiger partial charge < -0.3 is 15.2 Å². The van der Waals surface area contributed by atoms with Gasteiger partial charge in [-0.3, -0.25) is 4.79 Å². The maximum absolute atomic E-state index is 12.3. The second-order valence-corrected chi connectivity index (χ2v) is 7.40. The lowest BCUT2D eigenvalue weighted by Gasteiger charge is -2.07. The Hall–Kier alpha value is -3.31. The van der Waals surface area contributed by atoms with E-state index in [2.05, 4.69) is 27.9 Å². The summed E-state index contributed by atoms with van der Waals surface area (Å²) in [7, 11) is 0. The fourth-order valence-electron chi connectivity index (χ4n) is 2.47. The van der Waals surface area contributed by atoms with Gasteiger partial charge in [0.15, 0.2) is 0 Å². The van der Waals surface area contributed by atoms with Crippen LogP contribution in [0.5, 0.6) is 11.5 Å². The highest BCUT2D eigenvalue weighted by Crippen LogP contribution is 2.18. The van der Waals surface area contributed by atoms with Gasteiger partial charge in [0.25, 0.3) is 5.91 Å². The molecule has 6 heteroatoms. The number of anilines is 1. The predicted molar refractivity (Wildman–Crippen MR) is 120 cm³/mol. The number of carbonyl (C=O) groups excluding carboxylic acids is 1. The first-order valence-corrected chi connectivity index (χ1v) is 9.81. The van der Waals surface area contributed by atoms with E-state index in [1.807, 2.05) is 30.3 Å². The number of nitrogens with zero attached hydrogens (tertiary/aromatic N) is 1. The van der Waals surface area contributed by atoms with Crippen LogP contribution in [0.1, 0.15) is 11.1 Å². The van der Waals surface area contributed by atoms with Crippen molar-refractivity contribution in [2.45, 2.75) is 6.61 Å². The second-order valence-electron chi connectivity index (χ2n) is 6.15. The van der Waals surface area contributed by atoms with Crippen molar-refractivity contribution in [2.75, 3.05) is 5.32 Å². The van der Waals surface area contributed by atoms with Crippen LogP contribution in [0, 0.1) is 14.9 Å². The van der Waals surface area contributed by atoms with Gasteiger partial charge in [0, 0.05) is 9.26 Å². The fourth-order valence-corrected chi connectivity index (χ4v) is 2.83. The summed E-state index contributed by atoms with van der Waals surface area (Å²) in [6, 6.07) is 23.2. The van der Waals surface area contributed by atoms with Crippen LogP contribution in [0.4, 0.5) is 5.69 Å². The van der Waals surface area contributed by atoms with Crippen LogP contribution < -0.4 is 10.1 Å². The minimum absolute atomic E-state index is 0.0226. The Labute approximate surface area is 182 Å². The first kappa shape index (κ1) is 20.4. The molecule has 0 aliphatic rings. The van der Waals surface area contributed by atoms with Crippen LogP contribution >= 0.6 is 22.6 Å². The molecule has 0 fully saturated rings. The zero-order valence-corrected chi connectivity index (χ0v) is 17.5. The monoisotopic (exact) mass is 496 g/mol. The van der Waals surface area contributed by atoms with Crippen molar-refractivity contribution < 1.29 is 14.6 Å². The average Bonchev–Trinajstić information content (AvgIpc) is 2.74. The highest BCUT2D eigenvalue weighted by molar-refractivity contribution is 14.1. The Balaban J connectivity index is 1.63. The van der Waals surface area contributed by atoms with E-state index in [9.17, 15) is 15.2 Å². The molecule has 2 N–H and O–H groups in total. The zero-order chi connectivity index (χ0) is 20.6. The number of nitriles is 1. The number of nitrogens with one attached hydrogen (secondary N) is 1. The number of phenolic OH excluding ortho intramolecular Hbond substituents is 1. The molecule has 0 unspecified atom stereocenters. The van der Waals surface area contributed by atoms with Gasteiger partial charge in [-0.15, -0.1) is 0 Å². The van der Waals surface area contributed by atoms with Crippen LogP contribution in [-0.4, -0.2) is 11.0 Å². The highest BCUT2D eigenvalue weighted by Gasteiger charge is 2.09. The van der Waals surface area contributed by atoms with Gasteiger partial charge in [0.2, 0.25) is 0 Å². The van der Waals surface area contributed by atoms with Gasteiger partial charge in [-0.1, -0.05) is 24.3 Å². The predicted octanol–water partition coefficient (Wildman–Crippen LogP) is 5.12. The number of rotatable bonds is 6. The van der Waals surface area contributed by atoms with Crippen molar-refractivity contribution in [3.63, 3.8) is 0 Å². The summed E-state index contributed by atoms with van der Waals surface area (Å²) < 4.78 is 6.94. The summed E-state index contributed by atoms with van der Waals surface area (Å²) in [4.78, 5) is 12.3. The van der Waals surface area contributed by atoms with Crippen molar-refractivity contribution >= 4 is 40.3 Å². The Morgan fingerprint density at radius 3 is 2.31 bits per heavy atom. The van der Waals surface area contributed by atoms with Gasteiger partial charge in [-0.2, -0.15) is 5.26 Å². The zero-order valence-electron chi connectivity index (χ0n) is 15.3. The first-order valence-electron chi connectivity index (χ1n) is 8.73. The maximum atomic E-state index is 12.3. The molecule has 29 heavy (non-hydrogen) atoms. The minimum Gasteiger partial charge on any atom is -0.508 e. The van der Waals surface area contributed by atoms with Crippen LogP contribution in [0.3, 0.4) is 0 Å². The van der Waals surface area contributed by atoms with Crippen LogP contribution in [0.15, 0.2) is 78.4 Å². The Morgan fingerprint density at radius 2 is 1.69 bits per heavy atom. The van der Waals surface area contributed by atoms with E-state index >= 15 is 0 Å². The molecule has 0 bridgehead atoms. The number of halogens is 1. The number of hydrogen-bond acceptors (Lipinski definition) is 4. The molecule has 5 nitrogen and oxygen atoms in total. The molecule has 1 amide bonds. The molecule has 0 aliphatic carbocycles. The van der Waals surface area contributed by atoms with Gasteiger partial charge >= 0.3 is 0 Å². The molecule has 0 aromatic heterocycles. The van der Waals surface area contributed by atoms with Gasteiger partial charge in [0.05, 0.1) is 0 Å². The van der Waals surface area contributed by atoms with Gasteiger partial charge in [0.1, 0.15) is 29.7 Å². The molecule has 0 spiro atoms. The average molecular weight is 496 g/mol. The summed E-state index contributed by atoms with van der Waals surface area (Å²) in [5.74, 6) is 0.286. The van der Waals surface area contributed by atoms with Crippen LogP contribution in [0.2, 0.25) is 0 Å². The lowest BCUT2D eigenvalue weighted by atomic mass is 10.1. The molecule has 3 aromatic rings. The standard InChI is InChI=1S/C23H17IN2O3/c24-19-5-1-17(2-6-19)15-29-22-11-3-16(4-12-22)13-18(14-25)23(28)26-20-7-9-21(27)10-8-20/h1-13,27H,15H2,(H,26,28)/b18-13+. The Bertz CT molecular complexity index is 1050. The minimum atomic E-state index is -0.516. The molecule has 0 heterocycles. The highest BCUT2D eigenvalue weighted by atomic mass is 127. The molecule has 144 valence electrons. The van der Waals surface area contributed by atoms with E-state index in [0.29, 0.717) is 23.6 Å². The smallest absolute Gasteiger partial charge is 0.266 e. The maximum Gasteiger partial charge on any atom is 0.266 e. The summed E-state index contributed by atoms with van der Waals surface area (Å²) in [5.41, 5.74) is 2.26. The third-order valence-electron chi connectivity index (χ3n) is 4.00. The lowest BCUT2D eigenvalue weighted by Crippen LogP contribution is -2.13. The van der Waals surface area contributed by atoms with E-state index in [4.69, 9.17) is 4.74 Å². The fraction of sp³-hybridized carbons (Fsp3) is 0.0435. The van der Waals surface area contributed by atoms with E-state index in [1.165, 1.54) is 21.8 Å². The number of amides is 1. The molecule has 0 aliphatic heterocycles. The second kappa shape index (κ2) is 9.75. The molecule has 3 aromatic carbocycles.